The molecule has 28 heavy (non-hydrogen) atoms. The number of hydrogen-bond acceptors (Lipinski definition) is 4. The van der Waals surface area contributed by atoms with E-state index in [9.17, 15) is 23.2 Å². The van der Waals surface area contributed by atoms with Crippen molar-refractivity contribution in [1.29, 1.82) is 5.26 Å². The van der Waals surface area contributed by atoms with Crippen LogP contribution in [0.4, 0.5) is 13.2 Å². The van der Waals surface area contributed by atoms with Crippen molar-refractivity contribution in [3.8, 4) is 11.8 Å². The molecule has 0 aliphatic rings. The highest BCUT2D eigenvalue weighted by molar-refractivity contribution is 5.92. The number of nitrogens with zero attached hydrogens (tertiary/aromatic N) is 2. The number of para-hydroxylation sites is 1. The normalized spacial score (nSPS) is 13.5. The SMILES string of the molecule is CC(Oc1ccc(C(F)(F)F)cc1)C(=O)C(C#N)c1ccc2ccccc2n1. The zero-order valence-electron chi connectivity index (χ0n) is 14.8. The summed E-state index contributed by atoms with van der Waals surface area (Å²) in [5.41, 5.74) is 0.146. The largest absolute Gasteiger partial charge is 0.483 e. The lowest BCUT2D eigenvalue weighted by molar-refractivity contribution is -0.137. The van der Waals surface area contributed by atoms with E-state index in [1.165, 1.54) is 6.92 Å². The van der Waals surface area contributed by atoms with Crippen LogP contribution in [0, 0.1) is 11.3 Å². The summed E-state index contributed by atoms with van der Waals surface area (Å²) < 4.78 is 43.3. The summed E-state index contributed by atoms with van der Waals surface area (Å²) in [4.78, 5) is 17.0. The second-order valence-corrected chi connectivity index (χ2v) is 6.18. The Kier molecular flexibility index (Phi) is 5.32. The van der Waals surface area contributed by atoms with Crippen LogP contribution in [-0.2, 0) is 11.0 Å². The van der Waals surface area contributed by atoms with Gasteiger partial charge in [-0.25, -0.2) is 0 Å². The number of ether oxygens (including phenoxy) is 1. The first kappa shape index (κ1) is 19.4. The maximum Gasteiger partial charge on any atom is 0.416 e. The number of fused-ring (bicyclic) bond motifs is 1. The molecule has 1 heterocycles. The molecular formula is C21H15F3N2O2. The van der Waals surface area contributed by atoms with E-state index in [-0.39, 0.29) is 5.75 Å². The standard InChI is InChI=1S/C21H15F3N2O2/c1-13(28-16-9-7-15(8-10-16)21(22,23)24)20(27)17(12-25)19-11-6-14-4-2-3-5-18(14)26-19/h2-11,13,17H,1H3. The molecule has 3 aromatic rings. The zero-order valence-corrected chi connectivity index (χ0v) is 14.8. The van der Waals surface area contributed by atoms with E-state index in [1.807, 2.05) is 18.2 Å². The van der Waals surface area contributed by atoms with Crippen molar-refractivity contribution in [2.45, 2.75) is 25.1 Å². The first-order valence-corrected chi connectivity index (χ1v) is 8.42. The Morgan fingerprint density at radius 1 is 1.07 bits per heavy atom. The first-order chi connectivity index (χ1) is 13.3. The average molecular weight is 384 g/mol. The summed E-state index contributed by atoms with van der Waals surface area (Å²) in [6.45, 7) is 1.45. The van der Waals surface area contributed by atoms with Gasteiger partial charge in [0, 0.05) is 5.39 Å². The van der Waals surface area contributed by atoms with Gasteiger partial charge in [-0.1, -0.05) is 24.3 Å². The van der Waals surface area contributed by atoms with Gasteiger partial charge in [0.15, 0.2) is 17.8 Å². The predicted octanol–water partition coefficient (Wildman–Crippen LogP) is 4.90. The summed E-state index contributed by atoms with van der Waals surface area (Å²) >= 11 is 0. The maximum absolute atomic E-state index is 12.7. The number of carbonyl (C=O) groups excluding carboxylic acids is 1. The molecule has 2 aromatic carbocycles. The number of Topliss-reactive ketones (excluding diaryl/α,β-unsaturated/α-hetero) is 1. The van der Waals surface area contributed by atoms with Crippen molar-refractivity contribution in [1.82, 2.24) is 4.98 Å². The van der Waals surface area contributed by atoms with Gasteiger partial charge in [0.05, 0.1) is 22.8 Å². The number of halogens is 3. The Balaban J connectivity index is 1.77. The van der Waals surface area contributed by atoms with Crippen molar-refractivity contribution in [2.75, 3.05) is 0 Å². The molecule has 0 N–H and O–H groups in total. The van der Waals surface area contributed by atoms with E-state index < -0.39 is 29.5 Å². The second-order valence-electron chi connectivity index (χ2n) is 6.18. The lowest BCUT2D eigenvalue weighted by Gasteiger charge is -2.17. The van der Waals surface area contributed by atoms with Crippen LogP contribution < -0.4 is 4.74 Å². The lowest BCUT2D eigenvalue weighted by atomic mass is 9.97. The zero-order chi connectivity index (χ0) is 20.3. The summed E-state index contributed by atoms with van der Waals surface area (Å²) in [6, 6.07) is 16.7. The fourth-order valence-electron chi connectivity index (χ4n) is 2.74. The van der Waals surface area contributed by atoms with Gasteiger partial charge in [0.1, 0.15) is 5.75 Å². The topological polar surface area (TPSA) is 63.0 Å². The molecule has 2 unspecified atom stereocenters. The van der Waals surface area contributed by atoms with Crippen molar-refractivity contribution in [2.24, 2.45) is 0 Å². The van der Waals surface area contributed by atoms with Crippen LogP contribution in [-0.4, -0.2) is 16.9 Å². The third kappa shape index (κ3) is 4.12. The second kappa shape index (κ2) is 7.69. The minimum absolute atomic E-state index is 0.108. The smallest absolute Gasteiger partial charge is 0.416 e. The van der Waals surface area contributed by atoms with Crippen LogP contribution in [0.2, 0.25) is 0 Å². The monoisotopic (exact) mass is 384 g/mol. The maximum atomic E-state index is 12.7. The first-order valence-electron chi connectivity index (χ1n) is 8.42. The quantitative estimate of drug-likeness (QED) is 0.628. The third-order valence-electron chi connectivity index (χ3n) is 4.22. The van der Waals surface area contributed by atoms with E-state index in [0.29, 0.717) is 11.2 Å². The molecule has 0 amide bonds. The number of pyridine rings is 1. The number of benzene rings is 2. The summed E-state index contributed by atoms with van der Waals surface area (Å²) in [7, 11) is 0. The molecular weight excluding hydrogens is 369 g/mol. The molecule has 3 rings (SSSR count). The van der Waals surface area contributed by atoms with Gasteiger partial charge in [-0.2, -0.15) is 18.4 Å². The highest BCUT2D eigenvalue weighted by atomic mass is 19.4. The highest BCUT2D eigenvalue weighted by Crippen LogP contribution is 2.30. The molecule has 0 aliphatic heterocycles. The summed E-state index contributed by atoms with van der Waals surface area (Å²) in [5, 5.41) is 10.4. The van der Waals surface area contributed by atoms with Crippen LogP contribution in [0.15, 0.2) is 60.7 Å². The number of rotatable bonds is 5. The number of ketones is 1. The van der Waals surface area contributed by atoms with Gasteiger partial charge < -0.3 is 4.74 Å². The number of alkyl halides is 3. The van der Waals surface area contributed by atoms with Crippen molar-refractivity contribution in [3.63, 3.8) is 0 Å². The fraction of sp³-hybridized carbons (Fsp3) is 0.190. The average Bonchev–Trinajstić information content (AvgIpc) is 2.68. The minimum atomic E-state index is -4.45. The Hall–Kier alpha value is -3.40. The Morgan fingerprint density at radius 3 is 2.39 bits per heavy atom. The molecule has 0 bridgehead atoms. The van der Waals surface area contributed by atoms with Crippen LogP contribution >= 0.6 is 0 Å². The molecule has 0 saturated carbocycles. The number of aromatic nitrogens is 1. The number of nitriles is 1. The fourth-order valence-corrected chi connectivity index (χ4v) is 2.74. The molecule has 0 aliphatic carbocycles. The van der Waals surface area contributed by atoms with Crippen LogP contribution in [0.5, 0.6) is 5.75 Å². The van der Waals surface area contributed by atoms with Crippen molar-refractivity contribution < 1.29 is 22.7 Å². The van der Waals surface area contributed by atoms with Crippen molar-refractivity contribution in [3.05, 3.63) is 71.9 Å². The van der Waals surface area contributed by atoms with E-state index in [1.54, 1.807) is 24.3 Å². The number of carbonyl (C=O) groups is 1. The molecule has 1 aromatic heterocycles. The van der Waals surface area contributed by atoms with E-state index in [4.69, 9.17) is 4.74 Å². The molecule has 0 spiro atoms. The predicted molar refractivity (Wildman–Crippen MR) is 96.6 cm³/mol. The third-order valence-corrected chi connectivity index (χ3v) is 4.22. The van der Waals surface area contributed by atoms with Gasteiger partial charge >= 0.3 is 6.18 Å². The van der Waals surface area contributed by atoms with Crippen LogP contribution in [0.3, 0.4) is 0 Å². The Labute approximate surface area is 159 Å². The minimum Gasteiger partial charge on any atom is -0.483 e. The molecule has 142 valence electrons. The van der Waals surface area contributed by atoms with E-state index >= 15 is 0 Å². The lowest BCUT2D eigenvalue weighted by Crippen LogP contribution is -2.29. The van der Waals surface area contributed by atoms with Gasteiger partial charge in [0.25, 0.3) is 0 Å². The van der Waals surface area contributed by atoms with Gasteiger partial charge in [-0.15, -0.1) is 0 Å². The molecule has 4 nitrogen and oxygen atoms in total. The van der Waals surface area contributed by atoms with Gasteiger partial charge in [-0.05, 0) is 43.3 Å². The Morgan fingerprint density at radius 2 is 1.75 bits per heavy atom. The van der Waals surface area contributed by atoms with Crippen molar-refractivity contribution >= 4 is 16.7 Å². The summed E-state index contributed by atoms with van der Waals surface area (Å²) in [5.74, 6) is -1.56. The van der Waals surface area contributed by atoms with E-state index in [0.717, 1.165) is 29.7 Å². The molecule has 0 saturated heterocycles. The van der Waals surface area contributed by atoms with Gasteiger partial charge in [0.2, 0.25) is 0 Å². The summed E-state index contributed by atoms with van der Waals surface area (Å²) in [6.07, 6.45) is -5.48. The number of hydrogen-bond donors (Lipinski definition) is 0. The van der Waals surface area contributed by atoms with Gasteiger partial charge in [-0.3, -0.25) is 9.78 Å². The Bertz CT molecular complexity index is 1040. The molecule has 7 heteroatoms. The van der Waals surface area contributed by atoms with E-state index in [2.05, 4.69) is 4.98 Å². The molecule has 2 atom stereocenters. The molecule has 0 radical (unpaired) electrons. The highest BCUT2D eigenvalue weighted by Gasteiger charge is 2.31. The van der Waals surface area contributed by atoms with Crippen LogP contribution in [0.25, 0.3) is 10.9 Å². The van der Waals surface area contributed by atoms with Crippen LogP contribution in [0.1, 0.15) is 24.1 Å². The molecule has 0 fully saturated rings.